The first-order valence-electron chi connectivity index (χ1n) is 10.9. The number of halogens is 2. The van der Waals surface area contributed by atoms with Gasteiger partial charge < -0.3 is 20.4 Å². The van der Waals surface area contributed by atoms with Crippen LogP contribution in [0.15, 0.2) is 97.8 Å². The molecule has 0 aromatic carbocycles. The smallest absolute Gasteiger partial charge is 0.574 e. The van der Waals surface area contributed by atoms with Gasteiger partial charge in [-0.25, -0.2) is 56.6 Å². The zero-order valence-electron chi connectivity index (χ0n) is 21.3. The van der Waals surface area contributed by atoms with Gasteiger partial charge in [0.2, 0.25) is 0 Å². The third-order valence-corrected chi connectivity index (χ3v) is 4.40. The molecule has 238 valence electrons. The SMILES string of the molecule is [Cu+2].[Cu+2].[O-][Cl+3]([O-])([O-])[O-].[O-][Cl+3]([O-])([O-])[O-].c1cc(-c2ccn[n-]2)nc(-n2cccn2)c1.c1cc(-c2ccn[n-]2)nc(-n2cccn2)c1. The molecule has 0 spiro atoms. The Morgan fingerprint density at radius 3 is 1.14 bits per heavy atom. The van der Waals surface area contributed by atoms with E-state index < -0.39 is 20.5 Å². The molecular weight excluding hydrogens is 730 g/mol. The van der Waals surface area contributed by atoms with Crippen LogP contribution in [0.4, 0.5) is 0 Å². The van der Waals surface area contributed by atoms with Gasteiger partial charge in [0.05, 0.1) is 11.4 Å². The van der Waals surface area contributed by atoms with Crippen molar-refractivity contribution in [1.29, 1.82) is 0 Å². The van der Waals surface area contributed by atoms with E-state index in [2.05, 4.69) is 40.6 Å². The van der Waals surface area contributed by atoms with Crippen molar-refractivity contribution >= 4 is 0 Å². The zero-order chi connectivity index (χ0) is 30.6. The summed E-state index contributed by atoms with van der Waals surface area (Å²) in [5.74, 6) is 1.54. The minimum Gasteiger partial charge on any atom is -0.574 e. The first-order chi connectivity index (χ1) is 19.9. The molecule has 6 rings (SSSR count). The Labute approximate surface area is 273 Å². The molecule has 44 heavy (non-hydrogen) atoms. The Kier molecular flexibility index (Phi) is 16.0. The minimum atomic E-state index is -4.94. The molecule has 0 aliphatic heterocycles. The van der Waals surface area contributed by atoms with Gasteiger partial charge in [0.15, 0.2) is 11.6 Å². The summed E-state index contributed by atoms with van der Waals surface area (Å²) in [5.41, 5.74) is 3.14. The van der Waals surface area contributed by atoms with E-state index in [1.165, 1.54) is 0 Å². The Morgan fingerprint density at radius 1 is 0.500 bits per heavy atom. The fourth-order valence-electron chi connectivity index (χ4n) is 2.93. The van der Waals surface area contributed by atoms with Crippen LogP contribution in [0, 0.1) is 20.5 Å². The molecular formula is C22H16Cl2Cu2N10O8. The van der Waals surface area contributed by atoms with Crippen LogP contribution in [0.25, 0.3) is 34.4 Å². The molecule has 0 atom stereocenters. The molecule has 6 heterocycles. The van der Waals surface area contributed by atoms with Crippen molar-refractivity contribution in [1.82, 2.24) is 49.9 Å². The maximum atomic E-state index is 8.49. The molecule has 0 bridgehead atoms. The van der Waals surface area contributed by atoms with Gasteiger partial charge in [-0.3, -0.25) is 0 Å². The normalized spacial score (nSPS) is 10.4. The van der Waals surface area contributed by atoms with Gasteiger partial charge in [0.1, 0.15) is 0 Å². The van der Waals surface area contributed by atoms with Crippen LogP contribution >= 0.6 is 0 Å². The average molecular weight is 746 g/mol. The quantitative estimate of drug-likeness (QED) is 0.151. The van der Waals surface area contributed by atoms with Crippen LogP contribution < -0.4 is 47.5 Å². The fourth-order valence-corrected chi connectivity index (χ4v) is 2.93. The molecule has 0 unspecified atom stereocenters. The molecule has 6 aromatic heterocycles. The molecule has 22 heteroatoms. The van der Waals surface area contributed by atoms with Gasteiger partial charge in [-0.15, -0.1) is 20.5 Å². The van der Waals surface area contributed by atoms with Crippen LogP contribution in [-0.2, 0) is 34.1 Å². The molecule has 0 N–H and O–H groups in total. The van der Waals surface area contributed by atoms with Crippen LogP contribution in [0.5, 0.6) is 0 Å². The Morgan fingerprint density at radius 2 is 0.864 bits per heavy atom. The van der Waals surface area contributed by atoms with Crippen molar-refractivity contribution in [3.05, 3.63) is 97.8 Å². The predicted octanol–water partition coefficient (Wildman–Crippen LogP) is -6.94. The van der Waals surface area contributed by atoms with Crippen molar-refractivity contribution in [3.8, 4) is 34.4 Å². The van der Waals surface area contributed by atoms with E-state index in [4.69, 9.17) is 37.3 Å². The number of hydrogen-bond donors (Lipinski definition) is 0. The summed E-state index contributed by atoms with van der Waals surface area (Å²) in [6, 6.07) is 18.8. The van der Waals surface area contributed by atoms with E-state index in [9.17, 15) is 0 Å². The van der Waals surface area contributed by atoms with Crippen molar-refractivity contribution in [2.24, 2.45) is 0 Å². The van der Waals surface area contributed by atoms with Gasteiger partial charge in [-0.2, -0.15) is 10.2 Å². The summed E-state index contributed by atoms with van der Waals surface area (Å²) >= 11 is 0. The summed E-state index contributed by atoms with van der Waals surface area (Å²) in [4.78, 5) is 8.91. The van der Waals surface area contributed by atoms with Crippen molar-refractivity contribution in [2.45, 2.75) is 0 Å². The van der Waals surface area contributed by atoms with Crippen LogP contribution in [0.3, 0.4) is 0 Å². The molecule has 0 fully saturated rings. The van der Waals surface area contributed by atoms with E-state index >= 15 is 0 Å². The topological polar surface area (TPSA) is 300 Å². The molecule has 0 amide bonds. The average Bonchev–Trinajstić information content (AvgIpc) is 3.76. The summed E-state index contributed by atoms with van der Waals surface area (Å²) in [6.45, 7) is 0. The molecule has 0 aliphatic rings. The van der Waals surface area contributed by atoms with Gasteiger partial charge >= 0.3 is 34.1 Å². The fraction of sp³-hybridized carbons (Fsp3) is 0. The number of hydrogen-bond acceptors (Lipinski definition) is 14. The maximum absolute atomic E-state index is 8.49. The Balaban J connectivity index is 0.000000328. The summed E-state index contributed by atoms with van der Waals surface area (Å²) < 4.78 is 71.4. The second-order valence-electron chi connectivity index (χ2n) is 7.25. The third kappa shape index (κ3) is 14.7. The van der Waals surface area contributed by atoms with Crippen molar-refractivity contribution < 1.29 is 91.9 Å². The monoisotopic (exact) mass is 744 g/mol. The van der Waals surface area contributed by atoms with E-state index in [-0.39, 0.29) is 34.1 Å². The number of aromatic nitrogens is 10. The van der Waals surface area contributed by atoms with Crippen molar-refractivity contribution in [2.75, 3.05) is 0 Å². The van der Waals surface area contributed by atoms with Crippen LogP contribution in [0.1, 0.15) is 0 Å². The second-order valence-corrected chi connectivity index (χ2v) is 8.76. The van der Waals surface area contributed by atoms with Crippen LogP contribution in [0.2, 0.25) is 0 Å². The zero-order valence-corrected chi connectivity index (χ0v) is 24.7. The number of rotatable bonds is 4. The first kappa shape index (κ1) is 38.5. The molecule has 0 saturated heterocycles. The molecule has 18 nitrogen and oxygen atoms in total. The standard InChI is InChI=1S/2C11H8N5.2ClHO4.2Cu/c2*1-3-9(10-5-7-12-15-10)14-11(4-1)16-8-2-6-13-16;2*2-1(3,4)5;;/h2*1-8H;2*(H,2,3,4,5);;/q2*-1;;;2*+2/p-2. The maximum Gasteiger partial charge on any atom is 2.00 e. The van der Waals surface area contributed by atoms with E-state index in [1.807, 2.05) is 73.1 Å². The molecule has 0 saturated carbocycles. The van der Waals surface area contributed by atoms with E-state index in [1.54, 1.807) is 34.2 Å². The Hall–Kier alpha value is -3.56. The molecule has 2 radical (unpaired) electrons. The van der Waals surface area contributed by atoms with Crippen molar-refractivity contribution in [3.63, 3.8) is 0 Å². The summed E-state index contributed by atoms with van der Waals surface area (Å²) in [7, 11) is -9.89. The largest absolute Gasteiger partial charge is 2.00 e. The second kappa shape index (κ2) is 18.3. The van der Waals surface area contributed by atoms with Crippen LogP contribution in [-0.4, -0.2) is 39.7 Å². The number of pyridine rings is 2. The Bertz CT molecular complexity index is 1350. The van der Waals surface area contributed by atoms with E-state index in [0.717, 1.165) is 34.4 Å². The summed E-state index contributed by atoms with van der Waals surface area (Å²) in [5, 5.41) is 23.7. The van der Waals surface area contributed by atoms with Gasteiger partial charge in [0, 0.05) is 37.2 Å². The predicted molar refractivity (Wildman–Crippen MR) is 116 cm³/mol. The third-order valence-electron chi connectivity index (χ3n) is 4.40. The minimum absolute atomic E-state index is 0. The van der Waals surface area contributed by atoms with Gasteiger partial charge in [0.25, 0.3) is 0 Å². The first-order valence-corrected chi connectivity index (χ1v) is 13.4. The van der Waals surface area contributed by atoms with Gasteiger partial charge in [-0.1, -0.05) is 35.7 Å². The molecule has 0 aliphatic carbocycles. The number of nitrogens with zero attached hydrogens (tertiary/aromatic N) is 10. The van der Waals surface area contributed by atoms with Gasteiger partial charge in [-0.05, 0) is 36.4 Å². The van der Waals surface area contributed by atoms with E-state index in [0.29, 0.717) is 0 Å². The molecule has 6 aromatic rings. The summed E-state index contributed by atoms with van der Waals surface area (Å²) in [6.07, 6.45) is 10.4.